The molecule has 0 saturated heterocycles. The third-order valence-electron chi connectivity index (χ3n) is 3.63. The zero-order valence-corrected chi connectivity index (χ0v) is 15.5. The Bertz CT molecular complexity index is 966. The number of esters is 1. The number of nitrogens with zero attached hydrogens (tertiary/aromatic N) is 7. The largest absolute Gasteiger partial charge is 0.454 e. The van der Waals surface area contributed by atoms with Gasteiger partial charge in [-0.2, -0.15) is 20.1 Å². The summed E-state index contributed by atoms with van der Waals surface area (Å²) in [6.07, 6.45) is 1.45. The number of nitrogens with two attached hydrogens (primary N) is 1. The molecule has 0 bridgehead atoms. The summed E-state index contributed by atoms with van der Waals surface area (Å²) in [4.78, 5) is 30.4. The van der Waals surface area contributed by atoms with Gasteiger partial charge in [-0.3, -0.25) is 0 Å². The van der Waals surface area contributed by atoms with Gasteiger partial charge in [-0.05, 0) is 32.0 Å². The fourth-order valence-corrected chi connectivity index (χ4v) is 2.40. The maximum atomic E-state index is 12.2. The van der Waals surface area contributed by atoms with Crippen LogP contribution >= 0.6 is 0 Å². The van der Waals surface area contributed by atoms with Crippen LogP contribution in [0.3, 0.4) is 0 Å². The zero-order valence-electron chi connectivity index (χ0n) is 15.5. The molecule has 0 aliphatic heterocycles. The number of ether oxygens (including phenoxy) is 1. The molecule has 3 rings (SSSR count). The van der Waals surface area contributed by atoms with Gasteiger partial charge < -0.3 is 15.4 Å². The second kappa shape index (κ2) is 7.36. The molecule has 0 amide bonds. The monoisotopic (exact) mass is 368 g/mol. The van der Waals surface area contributed by atoms with Crippen LogP contribution in [0.5, 0.6) is 0 Å². The van der Waals surface area contributed by atoms with Crippen LogP contribution in [0.4, 0.5) is 11.9 Å². The minimum Gasteiger partial charge on any atom is -0.454 e. The molecule has 3 heterocycles. The Labute approximate surface area is 156 Å². The second-order valence-electron chi connectivity index (χ2n) is 6.12. The summed E-state index contributed by atoms with van der Waals surface area (Å²) in [5, 5.41) is 4.36. The minimum atomic E-state index is -0.534. The standard InChI is InChI=1S/C17H20N8O2/c1-10-7-11(2)25(23-10)14-6-5-12(8-19-14)15(26)27-9-13-20-16(18)22-17(21-13)24(3)4/h5-8H,9H2,1-4H3,(H2,18,20,21,22). The van der Waals surface area contributed by atoms with Crippen molar-refractivity contribution in [2.75, 3.05) is 24.7 Å². The Morgan fingerprint density at radius 1 is 1.22 bits per heavy atom. The Kier molecular flexibility index (Phi) is 4.97. The van der Waals surface area contributed by atoms with E-state index in [4.69, 9.17) is 10.5 Å². The predicted molar refractivity (Wildman–Crippen MR) is 98.5 cm³/mol. The summed E-state index contributed by atoms with van der Waals surface area (Å²) in [5.41, 5.74) is 7.82. The molecule has 10 nitrogen and oxygen atoms in total. The van der Waals surface area contributed by atoms with Gasteiger partial charge in [0.15, 0.2) is 18.2 Å². The Morgan fingerprint density at radius 3 is 2.59 bits per heavy atom. The van der Waals surface area contributed by atoms with Crippen molar-refractivity contribution in [2.45, 2.75) is 20.5 Å². The molecule has 140 valence electrons. The summed E-state index contributed by atoms with van der Waals surface area (Å²) in [6, 6.07) is 5.29. The van der Waals surface area contributed by atoms with E-state index in [1.54, 1.807) is 35.8 Å². The summed E-state index contributed by atoms with van der Waals surface area (Å²) < 4.78 is 6.96. The molecule has 3 aromatic rings. The number of carbonyl (C=O) groups excluding carboxylic acids is 1. The number of pyridine rings is 1. The van der Waals surface area contributed by atoms with Crippen LogP contribution in [0.2, 0.25) is 0 Å². The highest BCUT2D eigenvalue weighted by molar-refractivity contribution is 5.89. The number of hydrogen-bond donors (Lipinski definition) is 1. The van der Waals surface area contributed by atoms with E-state index in [9.17, 15) is 4.79 Å². The van der Waals surface area contributed by atoms with Crippen LogP contribution < -0.4 is 10.6 Å². The molecule has 0 aromatic carbocycles. The molecule has 0 fully saturated rings. The molecule has 0 unspecified atom stereocenters. The Balaban J connectivity index is 1.69. The molecule has 27 heavy (non-hydrogen) atoms. The summed E-state index contributed by atoms with van der Waals surface area (Å²) in [7, 11) is 3.56. The van der Waals surface area contributed by atoms with Crippen molar-refractivity contribution >= 4 is 17.9 Å². The molecule has 0 aliphatic rings. The molecule has 10 heteroatoms. The Hall–Kier alpha value is -3.56. The maximum Gasteiger partial charge on any atom is 0.340 e. The van der Waals surface area contributed by atoms with Gasteiger partial charge in [0, 0.05) is 26.0 Å². The molecule has 0 atom stereocenters. The van der Waals surface area contributed by atoms with Crippen molar-refractivity contribution in [3.8, 4) is 5.82 Å². The second-order valence-corrected chi connectivity index (χ2v) is 6.12. The van der Waals surface area contributed by atoms with Crippen LogP contribution in [0.15, 0.2) is 24.4 Å². The van der Waals surface area contributed by atoms with Crippen LogP contribution in [0.25, 0.3) is 5.82 Å². The molecular formula is C17H20N8O2. The van der Waals surface area contributed by atoms with E-state index in [1.807, 2.05) is 19.9 Å². The van der Waals surface area contributed by atoms with Crippen LogP contribution in [-0.4, -0.2) is 49.8 Å². The average molecular weight is 368 g/mol. The molecule has 0 saturated carbocycles. The number of nitrogen functional groups attached to an aromatic ring is 1. The fourth-order valence-electron chi connectivity index (χ4n) is 2.40. The topological polar surface area (TPSA) is 125 Å². The third-order valence-corrected chi connectivity index (χ3v) is 3.63. The van der Waals surface area contributed by atoms with Crippen molar-refractivity contribution in [1.29, 1.82) is 0 Å². The van der Waals surface area contributed by atoms with Crippen LogP contribution in [0.1, 0.15) is 27.6 Å². The third kappa shape index (κ3) is 4.17. The molecule has 0 aliphatic carbocycles. The van der Waals surface area contributed by atoms with Crippen LogP contribution in [-0.2, 0) is 11.3 Å². The highest BCUT2D eigenvalue weighted by Gasteiger charge is 2.12. The first-order valence-corrected chi connectivity index (χ1v) is 8.18. The Morgan fingerprint density at radius 2 is 2.00 bits per heavy atom. The smallest absolute Gasteiger partial charge is 0.340 e. The van der Waals surface area contributed by atoms with E-state index in [0.29, 0.717) is 17.3 Å². The van der Waals surface area contributed by atoms with Gasteiger partial charge in [0.25, 0.3) is 0 Å². The number of rotatable bonds is 5. The normalized spacial score (nSPS) is 10.7. The summed E-state index contributed by atoms with van der Waals surface area (Å²) in [6.45, 7) is 3.72. The maximum absolute atomic E-state index is 12.2. The SMILES string of the molecule is Cc1cc(C)n(-c2ccc(C(=O)OCc3nc(N)nc(N(C)C)n3)cn2)n1. The van der Waals surface area contributed by atoms with Gasteiger partial charge in [0.2, 0.25) is 11.9 Å². The summed E-state index contributed by atoms with van der Waals surface area (Å²) >= 11 is 0. The average Bonchev–Trinajstić information content (AvgIpc) is 2.97. The first-order valence-electron chi connectivity index (χ1n) is 8.18. The van der Waals surface area contributed by atoms with E-state index in [2.05, 4.69) is 25.0 Å². The van der Waals surface area contributed by atoms with Gasteiger partial charge >= 0.3 is 5.97 Å². The van der Waals surface area contributed by atoms with E-state index >= 15 is 0 Å². The number of anilines is 2. The molecule has 0 spiro atoms. The quantitative estimate of drug-likeness (QED) is 0.658. The van der Waals surface area contributed by atoms with Crippen molar-refractivity contribution in [3.05, 3.63) is 47.2 Å². The van der Waals surface area contributed by atoms with Crippen molar-refractivity contribution in [3.63, 3.8) is 0 Å². The van der Waals surface area contributed by atoms with Gasteiger partial charge in [-0.15, -0.1) is 0 Å². The predicted octanol–water partition coefficient (Wildman–Crippen LogP) is 1.07. The van der Waals surface area contributed by atoms with Crippen molar-refractivity contribution < 1.29 is 9.53 Å². The fraction of sp³-hybridized carbons (Fsp3) is 0.294. The van der Waals surface area contributed by atoms with Gasteiger partial charge in [-0.1, -0.05) is 0 Å². The van der Waals surface area contributed by atoms with Crippen LogP contribution in [0, 0.1) is 13.8 Å². The minimum absolute atomic E-state index is 0.0654. The number of aryl methyl sites for hydroxylation is 2. The van der Waals surface area contributed by atoms with E-state index in [1.165, 1.54) is 6.20 Å². The lowest BCUT2D eigenvalue weighted by Crippen LogP contribution is -2.17. The van der Waals surface area contributed by atoms with E-state index in [0.717, 1.165) is 11.4 Å². The molecule has 2 N–H and O–H groups in total. The molecule has 3 aromatic heterocycles. The lowest BCUT2D eigenvalue weighted by atomic mass is 10.3. The number of hydrogen-bond acceptors (Lipinski definition) is 9. The van der Waals surface area contributed by atoms with Gasteiger partial charge in [0.05, 0.1) is 11.3 Å². The van der Waals surface area contributed by atoms with E-state index < -0.39 is 5.97 Å². The lowest BCUT2D eigenvalue weighted by Gasteiger charge is -2.11. The first-order chi connectivity index (χ1) is 12.8. The summed E-state index contributed by atoms with van der Waals surface area (Å²) in [5.74, 6) is 0.817. The van der Waals surface area contributed by atoms with Crippen molar-refractivity contribution in [2.24, 2.45) is 0 Å². The number of aromatic nitrogens is 6. The van der Waals surface area contributed by atoms with Gasteiger partial charge in [0.1, 0.15) is 0 Å². The van der Waals surface area contributed by atoms with E-state index in [-0.39, 0.29) is 18.4 Å². The highest BCUT2D eigenvalue weighted by atomic mass is 16.5. The first kappa shape index (κ1) is 18.2. The molecular weight excluding hydrogens is 348 g/mol. The highest BCUT2D eigenvalue weighted by Crippen LogP contribution is 2.12. The lowest BCUT2D eigenvalue weighted by molar-refractivity contribution is 0.0461. The number of carbonyl (C=O) groups is 1. The molecule has 0 radical (unpaired) electrons. The zero-order chi connectivity index (χ0) is 19.6. The van der Waals surface area contributed by atoms with Gasteiger partial charge in [-0.25, -0.2) is 14.5 Å². The van der Waals surface area contributed by atoms with Crippen molar-refractivity contribution in [1.82, 2.24) is 29.7 Å².